The molecule has 2 nitrogen and oxygen atoms in total. The lowest BCUT2D eigenvalue weighted by Crippen LogP contribution is -1.78. The van der Waals surface area contributed by atoms with Gasteiger partial charge < -0.3 is 0 Å². The lowest BCUT2D eigenvalue weighted by atomic mass is 10.1. The van der Waals surface area contributed by atoms with Crippen LogP contribution in [0.2, 0.25) is 0 Å². The molecule has 0 saturated heterocycles. The number of hydrogen-bond acceptors (Lipinski definition) is 2. The van der Waals surface area contributed by atoms with E-state index in [1.807, 2.05) is 18.2 Å². The van der Waals surface area contributed by atoms with Crippen LogP contribution in [-0.4, -0.2) is 11.7 Å². The first kappa shape index (κ1) is 8.40. The molecule has 1 aromatic rings. The number of allylic oxidation sites excluding steroid dienone is 2. The molecule has 60 valence electrons. The second-order valence-electron chi connectivity index (χ2n) is 2.26. The van der Waals surface area contributed by atoms with Gasteiger partial charge in [-0.15, -0.1) is 0 Å². The van der Waals surface area contributed by atoms with Crippen LogP contribution in [0.3, 0.4) is 0 Å². The number of hydrogen-bond donors (Lipinski definition) is 0. The second kappa shape index (κ2) is 4.23. The van der Waals surface area contributed by atoms with Crippen molar-refractivity contribution in [2.24, 2.45) is 4.99 Å². The zero-order valence-electron chi connectivity index (χ0n) is 6.77. The van der Waals surface area contributed by atoms with E-state index in [9.17, 15) is 0 Å². The third kappa shape index (κ3) is 2.16. The lowest BCUT2D eigenvalue weighted by Gasteiger charge is -1.96. The van der Waals surface area contributed by atoms with Gasteiger partial charge in [0.1, 0.15) is 0 Å². The Morgan fingerprint density at radius 1 is 1.42 bits per heavy atom. The van der Waals surface area contributed by atoms with Crippen molar-refractivity contribution in [3.05, 3.63) is 48.9 Å². The summed E-state index contributed by atoms with van der Waals surface area (Å²) in [6.07, 6.45) is 6.89. The fourth-order valence-electron chi connectivity index (χ4n) is 0.805. The molecule has 0 amide bonds. The van der Waals surface area contributed by atoms with Crippen molar-refractivity contribution < 1.29 is 0 Å². The van der Waals surface area contributed by atoms with Crippen LogP contribution in [0.4, 0.5) is 0 Å². The van der Waals surface area contributed by atoms with Crippen LogP contribution in [0.1, 0.15) is 5.56 Å². The van der Waals surface area contributed by atoms with Crippen LogP contribution in [-0.2, 0) is 0 Å². The summed E-state index contributed by atoms with van der Waals surface area (Å²) in [5.41, 5.74) is 1.95. The molecule has 1 rings (SSSR count). The number of aliphatic imine (C=N–C) groups is 1. The van der Waals surface area contributed by atoms with Crippen molar-refractivity contribution in [3.8, 4) is 0 Å². The Hall–Kier alpha value is -1.70. The number of rotatable bonds is 3. The first-order valence-electron chi connectivity index (χ1n) is 3.56. The largest absolute Gasteiger partial charge is 0.272 e. The van der Waals surface area contributed by atoms with Gasteiger partial charge in [-0.3, -0.25) is 9.98 Å². The third-order valence-electron chi connectivity index (χ3n) is 1.43. The van der Waals surface area contributed by atoms with E-state index in [-0.39, 0.29) is 0 Å². The Bertz CT molecular complexity index is 299. The first-order valence-corrected chi connectivity index (χ1v) is 3.56. The van der Waals surface area contributed by atoms with Crippen molar-refractivity contribution in [2.75, 3.05) is 0 Å². The first-order chi connectivity index (χ1) is 5.84. The Morgan fingerprint density at radius 2 is 2.08 bits per heavy atom. The molecule has 0 radical (unpaired) electrons. The van der Waals surface area contributed by atoms with E-state index >= 15 is 0 Å². The minimum absolute atomic E-state index is 0.907. The maximum atomic E-state index is 3.91. The molecule has 0 bridgehead atoms. The Morgan fingerprint density at radius 3 is 2.67 bits per heavy atom. The van der Waals surface area contributed by atoms with Gasteiger partial charge in [-0.05, 0) is 36.1 Å². The summed E-state index contributed by atoms with van der Waals surface area (Å²) in [4.78, 5) is 7.50. The smallest absolute Gasteiger partial charge is 0.0273 e. The molecule has 0 atom stereocenters. The van der Waals surface area contributed by atoms with Crippen LogP contribution in [0.5, 0.6) is 0 Å². The molecule has 0 aromatic carbocycles. The molecule has 0 saturated carbocycles. The van der Waals surface area contributed by atoms with Crippen LogP contribution >= 0.6 is 0 Å². The zero-order valence-corrected chi connectivity index (χ0v) is 6.77. The van der Waals surface area contributed by atoms with E-state index in [1.165, 1.54) is 0 Å². The highest BCUT2D eigenvalue weighted by atomic mass is 14.6. The minimum atomic E-state index is 0.907. The van der Waals surface area contributed by atoms with E-state index in [0.29, 0.717) is 0 Å². The highest BCUT2D eigenvalue weighted by Crippen LogP contribution is 2.11. The van der Waals surface area contributed by atoms with Gasteiger partial charge in [-0.2, -0.15) is 0 Å². The summed E-state index contributed by atoms with van der Waals surface area (Å²) in [7, 11) is 0. The predicted octanol–water partition coefficient (Wildman–Crippen LogP) is 2.31. The molecule has 0 aliphatic rings. The van der Waals surface area contributed by atoms with Gasteiger partial charge in [0.05, 0.1) is 0 Å². The van der Waals surface area contributed by atoms with E-state index in [4.69, 9.17) is 0 Å². The van der Waals surface area contributed by atoms with Gasteiger partial charge >= 0.3 is 0 Å². The monoisotopic (exact) mass is 158 g/mol. The van der Waals surface area contributed by atoms with Gasteiger partial charge in [-0.1, -0.05) is 6.58 Å². The fourth-order valence-corrected chi connectivity index (χ4v) is 0.805. The topological polar surface area (TPSA) is 25.2 Å². The molecule has 2 heteroatoms. The van der Waals surface area contributed by atoms with Crippen molar-refractivity contribution in [1.82, 2.24) is 4.98 Å². The van der Waals surface area contributed by atoms with E-state index < -0.39 is 0 Å². The molecule has 1 aromatic heterocycles. The highest BCUT2D eigenvalue weighted by Gasteiger charge is 1.91. The zero-order chi connectivity index (χ0) is 8.81. The average molecular weight is 158 g/mol. The predicted molar refractivity (Wildman–Crippen MR) is 52.0 cm³/mol. The van der Waals surface area contributed by atoms with E-state index in [2.05, 4.69) is 23.3 Å². The van der Waals surface area contributed by atoms with Gasteiger partial charge in [-0.25, -0.2) is 0 Å². The van der Waals surface area contributed by atoms with Crippen molar-refractivity contribution >= 4 is 12.3 Å². The van der Waals surface area contributed by atoms with Gasteiger partial charge in [0.25, 0.3) is 0 Å². The highest BCUT2D eigenvalue weighted by molar-refractivity contribution is 5.71. The normalized spacial score (nSPS) is 10.0. The van der Waals surface area contributed by atoms with Crippen molar-refractivity contribution in [1.29, 1.82) is 0 Å². The standard InChI is InChI=1S/C10H10N2/c1-9(3-6-11-2)10-4-7-12-8-5-10/h3-8H,1-2H2. The molecule has 0 spiro atoms. The molecule has 0 unspecified atom stereocenters. The number of aromatic nitrogens is 1. The summed E-state index contributed by atoms with van der Waals surface area (Å²) in [5.74, 6) is 0. The van der Waals surface area contributed by atoms with Gasteiger partial charge in [0.15, 0.2) is 0 Å². The molecule has 12 heavy (non-hydrogen) atoms. The molecular weight excluding hydrogens is 148 g/mol. The molecule has 1 heterocycles. The maximum Gasteiger partial charge on any atom is 0.0273 e. The van der Waals surface area contributed by atoms with Crippen LogP contribution in [0.25, 0.3) is 5.57 Å². The molecule has 0 aliphatic heterocycles. The number of pyridine rings is 1. The molecule has 0 aliphatic carbocycles. The SMILES string of the molecule is C=NC=CC(=C)c1ccncc1. The minimum Gasteiger partial charge on any atom is -0.272 e. The second-order valence-corrected chi connectivity index (χ2v) is 2.26. The Labute approximate surface area is 72.0 Å². The fraction of sp³-hybridized carbons (Fsp3) is 0. The van der Waals surface area contributed by atoms with Gasteiger partial charge in [0.2, 0.25) is 0 Å². The summed E-state index contributed by atoms with van der Waals surface area (Å²) < 4.78 is 0. The van der Waals surface area contributed by atoms with Gasteiger partial charge in [0, 0.05) is 18.6 Å². The van der Waals surface area contributed by atoms with E-state index in [1.54, 1.807) is 18.6 Å². The van der Waals surface area contributed by atoms with Crippen molar-refractivity contribution in [2.45, 2.75) is 0 Å². The van der Waals surface area contributed by atoms with Crippen LogP contribution in [0, 0.1) is 0 Å². The Balaban J connectivity index is 2.79. The summed E-state index contributed by atoms with van der Waals surface area (Å²) >= 11 is 0. The molecular formula is C10H10N2. The molecule has 0 N–H and O–H groups in total. The maximum absolute atomic E-state index is 3.91. The summed E-state index contributed by atoms with van der Waals surface area (Å²) in [6, 6.07) is 3.80. The molecule has 0 fully saturated rings. The number of nitrogens with zero attached hydrogens (tertiary/aromatic N) is 2. The van der Waals surface area contributed by atoms with Crippen LogP contribution in [0.15, 0.2) is 48.4 Å². The summed E-state index contributed by atoms with van der Waals surface area (Å²) in [6.45, 7) is 7.20. The summed E-state index contributed by atoms with van der Waals surface area (Å²) in [5, 5.41) is 0. The lowest BCUT2D eigenvalue weighted by molar-refractivity contribution is 1.32. The Kier molecular flexibility index (Phi) is 2.96. The van der Waals surface area contributed by atoms with Crippen LogP contribution < -0.4 is 0 Å². The van der Waals surface area contributed by atoms with E-state index in [0.717, 1.165) is 11.1 Å². The average Bonchev–Trinajstić information content (AvgIpc) is 2.15. The van der Waals surface area contributed by atoms with Crippen molar-refractivity contribution in [3.63, 3.8) is 0 Å². The quantitative estimate of drug-likeness (QED) is 0.489. The third-order valence-corrected chi connectivity index (χ3v) is 1.43.